The normalized spacial score (nSPS) is 14.8. The Morgan fingerprint density at radius 2 is 2.09 bits per heavy atom. The van der Waals surface area contributed by atoms with E-state index in [-0.39, 0.29) is 19.5 Å². The maximum absolute atomic E-state index is 10.1. The van der Waals surface area contributed by atoms with E-state index in [0.717, 1.165) is 0 Å². The molecule has 1 unspecified atom stereocenters. The van der Waals surface area contributed by atoms with E-state index in [0.29, 0.717) is 0 Å². The Balaban J connectivity index is 3.59. The van der Waals surface area contributed by atoms with Gasteiger partial charge in [-0.05, 0) is 5.92 Å². The quantitative estimate of drug-likeness (QED) is 0.384. The van der Waals surface area contributed by atoms with Gasteiger partial charge in [-0.3, -0.25) is 4.52 Å². The molecule has 0 aromatic heterocycles. The standard InChI is InChI=1S/C4H10BO5P/c5-1-4(2-6)3-10-11(7,8)9/h4,6H,1-3H2,(H2,7,8,9). The van der Waals surface area contributed by atoms with E-state index >= 15 is 0 Å². The highest BCUT2D eigenvalue weighted by Crippen LogP contribution is 2.36. The van der Waals surface area contributed by atoms with Crippen LogP contribution in [0.2, 0.25) is 6.32 Å². The zero-order chi connectivity index (χ0) is 8.91. The molecule has 0 amide bonds. The van der Waals surface area contributed by atoms with Crippen LogP contribution in [0.3, 0.4) is 0 Å². The Labute approximate surface area is 66.0 Å². The molecule has 0 bridgehead atoms. The van der Waals surface area contributed by atoms with Gasteiger partial charge in [0.25, 0.3) is 0 Å². The van der Waals surface area contributed by atoms with Crippen molar-refractivity contribution in [3.63, 3.8) is 0 Å². The van der Waals surface area contributed by atoms with Crippen molar-refractivity contribution in [3.8, 4) is 0 Å². The minimum Gasteiger partial charge on any atom is -0.396 e. The molecule has 3 N–H and O–H groups in total. The highest BCUT2D eigenvalue weighted by atomic mass is 31.2. The third-order valence-electron chi connectivity index (χ3n) is 1.07. The van der Waals surface area contributed by atoms with Crippen LogP contribution in [0.1, 0.15) is 0 Å². The second-order valence-corrected chi connectivity index (χ2v) is 3.31. The van der Waals surface area contributed by atoms with Gasteiger partial charge in [0.1, 0.15) is 0 Å². The second kappa shape index (κ2) is 4.90. The van der Waals surface area contributed by atoms with Crippen LogP contribution < -0.4 is 0 Å². The Bertz CT molecular complexity index is 141. The first kappa shape index (κ1) is 11.1. The third-order valence-corrected chi connectivity index (χ3v) is 1.56. The molecule has 0 aliphatic rings. The van der Waals surface area contributed by atoms with Crippen molar-refractivity contribution in [2.75, 3.05) is 13.2 Å². The molecule has 0 saturated carbocycles. The van der Waals surface area contributed by atoms with Crippen LogP contribution in [0.4, 0.5) is 0 Å². The molecule has 0 aliphatic heterocycles. The lowest BCUT2D eigenvalue weighted by atomic mass is 9.93. The van der Waals surface area contributed by atoms with Gasteiger partial charge in [-0.1, -0.05) is 6.32 Å². The van der Waals surface area contributed by atoms with E-state index in [1.165, 1.54) is 0 Å². The van der Waals surface area contributed by atoms with Crippen molar-refractivity contribution in [1.82, 2.24) is 0 Å². The van der Waals surface area contributed by atoms with Crippen LogP contribution in [0.5, 0.6) is 0 Å². The molecule has 7 heteroatoms. The molecule has 0 aliphatic carbocycles. The van der Waals surface area contributed by atoms with Crippen molar-refractivity contribution in [1.29, 1.82) is 0 Å². The van der Waals surface area contributed by atoms with Gasteiger partial charge < -0.3 is 14.9 Å². The van der Waals surface area contributed by atoms with Crippen LogP contribution in [0, 0.1) is 5.92 Å². The Morgan fingerprint density at radius 1 is 1.55 bits per heavy atom. The number of hydrogen-bond acceptors (Lipinski definition) is 3. The number of phosphoric ester groups is 1. The SMILES string of the molecule is [B]CC(CO)COP(=O)(O)O. The lowest BCUT2D eigenvalue weighted by molar-refractivity contribution is 0.138. The van der Waals surface area contributed by atoms with Gasteiger partial charge in [0, 0.05) is 6.61 Å². The average Bonchev–Trinajstić information content (AvgIpc) is 1.88. The summed E-state index contributed by atoms with van der Waals surface area (Å²) in [5, 5.41) is 8.51. The number of aliphatic hydroxyl groups is 1. The summed E-state index contributed by atoms with van der Waals surface area (Å²) in [7, 11) is 0.707. The molecule has 0 fully saturated rings. The molecule has 0 saturated heterocycles. The maximum atomic E-state index is 10.1. The summed E-state index contributed by atoms with van der Waals surface area (Å²) < 4.78 is 14.2. The van der Waals surface area contributed by atoms with E-state index in [2.05, 4.69) is 4.52 Å². The summed E-state index contributed by atoms with van der Waals surface area (Å²) in [6, 6.07) is 0. The van der Waals surface area contributed by atoms with Crippen molar-refractivity contribution in [3.05, 3.63) is 0 Å². The molecule has 64 valence electrons. The molecule has 0 aromatic carbocycles. The molecular weight excluding hydrogens is 170 g/mol. The molecule has 5 nitrogen and oxygen atoms in total. The summed E-state index contributed by atoms with van der Waals surface area (Å²) in [6.07, 6.45) is 0.135. The fourth-order valence-electron chi connectivity index (χ4n) is 0.398. The molecule has 0 heterocycles. The average molecular weight is 180 g/mol. The third kappa shape index (κ3) is 6.53. The summed E-state index contributed by atoms with van der Waals surface area (Å²) in [4.78, 5) is 16.4. The fourth-order valence-corrected chi connectivity index (χ4v) is 0.803. The lowest BCUT2D eigenvalue weighted by Gasteiger charge is -2.11. The number of rotatable bonds is 5. The molecule has 0 aromatic rings. The van der Waals surface area contributed by atoms with Crippen LogP contribution >= 0.6 is 7.82 Å². The highest BCUT2D eigenvalue weighted by molar-refractivity contribution is 7.46. The summed E-state index contributed by atoms with van der Waals surface area (Å²) in [5.41, 5.74) is 0. The van der Waals surface area contributed by atoms with Crippen molar-refractivity contribution >= 4 is 15.7 Å². The van der Waals surface area contributed by atoms with Crippen LogP contribution in [0.25, 0.3) is 0 Å². The smallest absolute Gasteiger partial charge is 0.396 e. The van der Waals surface area contributed by atoms with Gasteiger partial charge >= 0.3 is 7.82 Å². The summed E-state index contributed by atoms with van der Waals surface area (Å²) in [6.45, 7) is -0.465. The number of hydrogen-bond donors (Lipinski definition) is 3. The first-order chi connectivity index (χ1) is 4.99. The first-order valence-electron chi connectivity index (χ1n) is 3.00. The van der Waals surface area contributed by atoms with Crippen molar-refractivity contribution in [2.24, 2.45) is 5.92 Å². The monoisotopic (exact) mass is 180 g/mol. The molecular formula is C4H10BO5P. The highest BCUT2D eigenvalue weighted by Gasteiger charge is 2.16. The molecule has 1 atom stereocenters. The van der Waals surface area contributed by atoms with Gasteiger partial charge in [0.2, 0.25) is 0 Å². The van der Waals surface area contributed by atoms with Gasteiger partial charge in [0.05, 0.1) is 14.5 Å². The van der Waals surface area contributed by atoms with E-state index in [4.69, 9.17) is 22.7 Å². The molecule has 11 heavy (non-hydrogen) atoms. The molecule has 2 radical (unpaired) electrons. The van der Waals surface area contributed by atoms with Gasteiger partial charge in [0.15, 0.2) is 0 Å². The zero-order valence-electron chi connectivity index (χ0n) is 5.88. The van der Waals surface area contributed by atoms with Crippen LogP contribution in [-0.4, -0.2) is 36.0 Å². The van der Waals surface area contributed by atoms with Crippen molar-refractivity contribution < 1.29 is 24.0 Å². The minimum absolute atomic E-state index is 0.135. The topological polar surface area (TPSA) is 87.0 Å². The van der Waals surface area contributed by atoms with E-state index in [1.54, 1.807) is 0 Å². The summed E-state index contributed by atoms with van der Waals surface area (Å²) in [5.74, 6) is -0.414. The zero-order valence-corrected chi connectivity index (χ0v) is 6.78. The molecule has 0 rings (SSSR count). The van der Waals surface area contributed by atoms with Crippen LogP contribution in [-0.2, 0) is 9.09 Å². The van der Waals surface area contributed by atoms with E-state index in [9.17, 15) is 4.57 Å². The van der Waals surface area contributed by atoms with E-state index < -0.39 is 13.7 Å². The van der Waals surface area contributed by atoms with Crippen molar-refractivity contribution in [2.45, 2.75) is 6.32 Å². The minimum atomic E-state index is -4.41. The van der Waals surface area contributed by atoms with Crippen LogP contribution in [0.15, 0.2) is 0 Å². The predicted octanol–water partition coefficient (Wildman–Crippen LogP) is -0.709. The number of aliphatic hydroxyl groups excluding tert-OH is 1. The second-order valence-electron chi connectivity index (χ2n) is 2.07. The Hall–Kier alpha value is 0.135. The summed E-state index contributed by atoms with van der Waals surface area (Å²) >= 11 is 0. The maximum Gasteiger partial charge on any atom is 0.469 e. The predicted molar refractivity (Wildman–Crippen MR) is 39.1 cm³/mol. The van der Waals surface area contributed by atoms with Gasteiger partial charge in [-0.2, -0.15) is 0 Å². The lowest BCUT2D eigenvalue weighted by Crippen LogP contribution is -2.12. The largest absolute Gasteiger partial charge is 0.469 e. The molecule has 0 spiro atoms. The Kier molecular flexibility index (Phi) is 4.96. The first-order valence-corrected chi connectivity index (χ1v) is 4.53. The Morgan fingerprint density at radius 3 is 2.36 bits per heavy atom. The van der Waals surface area contributed by atoms with Gasteiger partial charge in [-0.25, -0.2) is 4.57 Å². The van der Waals surface area contributed by atoms with E-state index in [1.807, 2.05) is 0 Å². The number of phosphoric acid groups is 1. The fraction of sp³-hybridized carbons (Fsp3) is 1.00. The van der Waals surface area contributed by atoms with Gasteiger partial charge in [-0.15, -0.1) is 0 Å².